The summed E-state index contributed by atoms with van der Waals surface area (Å²) in [6, 6.07) is 13.5. The average molecular weight is 395 g/mol. The molecule has 0 amide bonds. The van der Waals surface area contributed by atoms with Gasteiger partial charge in [-0.2, -0.15) is 4.98 Å². The van der Waals surface area contributed by atoms with Gasteiger partial charge in [0.2, 0.25) is 11.7 Å². The van der Waals surface area contributed by atoms with Crippen LogP contribution in [0.15, 0.2) is 47.0 Å². The van der Waals surface area contributed by atoms with Gasteiger partial charge in [0.05, 0.1) is 26.9 Å². The monoisotopic (exact) mass is 395 g/mol. The van der Waals surface area contributed by atoms with Gasteiger partial charge in [-0.05, 0) is 56.0 Å². The van der Waals surface area contributed by atoms with Gasteiger partial charge in [-0.25, -0.2) is 0 Å². The lowest BCUT2D eigenvalue weighted by molar-refractivity contribution is 0.210. The molecule has 0 spiro atoms. The number of ether oxygens (including phenoxy) is 3. The van der Waals surface area contributed by atoms with Gasteiger partial charge < -0.3 is 24.1 Å². The third-order valence-electron chi connectivity index (χ3n) is 4.99. The Hall–Kier alpha value is -3.22. The summed E-state index contributed by atoms with van der Waals surface area (Å²) in [5, 5.41) is 7.38. The maximum absolute atomic E-state index is 6.06. The van der Waals surface area contributed by atoms with E-state index >= 15 is 0 Å². The Morgan fingerprint density at radius 3 is 2.66 bits per heavy atom. The van der Waals surface area contributed by atoms with Crippen LogP contribution in [0.4, 0.5) is 5.69 Å². The number of anilines is 1. The molecule has 1 heterocycles. The zero-order valence-electron chi connectivity index (χ0n) is 16.7. The van der Waals surface area contributed by atoms with Crippen LogP contribution in [-0.2, 0) is 6.54 Å². The summed E-state index contributed by atoms with van der Waals surface area (Å²) in [5.74, 6) is 3.16. The molecule has 4 rings (SSSR count). The highest BCUT2D eigenvalue weighted by molar-refractivity contribution is 5.60. The fourth-order valence-corrected chi connectivity index (χ4v) is 3.47. The van der Waals surface area contributed by atoms with Crippen LogP contribution in [-0.4, -0.2) is 30.5 Å². The summed E-state index contributed by atoms with van der Waals surface area (Å²) >= 11 is 0. The number of rotatable bonds is 8. The van der Waals surface area contributed by atoms with E-state index in [1.165, 1.54) is 12.8 Å². The third-order valence-corrected chi connectivity index (χ3v) is 4.99. The summed E-state index contributed by atoms with van der Waals surface area (Å²) in [4.78, 5) is 4.46. The summed E-state index contributed by atoms with van der Waals surface area (Å²) < 4.78 is 22.0. The number of aromatic nitrogens is 2. The van der Waals surface area contributed by atoms with Gasteiger partial charge in [0.15, 0.2) is 11.5 Å². The largest absolute Gasteiger partial charge is 0.493 e. The van der Waals surface area contributed by atoms with Gasteiger partial charge in [-0.15, -0.1) is 0 Å². The number of benzene rings is 2. The van der Waals surface area contributed by atoms with E-state index in [0.29, 0.717) is 35.9 Å². The quantitative estimate of drug-likeness (QED) is 0.593. The van der Waals surface area contributed by atoms with E-state index < -0.39 is 0 Å². The summed E-state index contributed by atoms with van der Waals surface area (Å²) in [6.45, 7) is 0.424. The number of hydrogen-bond donors (Lipinski definition) is 1. The molecule has 1 aliphatic rings. The van der Waals surface area contributed by atoms with Gasteiger partial charge in [-0.3, -0.25) is 0 Å². The molecule has 0 unspecified atom stereocenters. The van der Waals surface area contributed by atoms with Crippen LogP contribution in [0, 0.1) is 0 Å². The zero-order valence-corrected chi connectivity index (χ0v) is 16.7. The Kier molecular flexibility index (Phi) is 5.84. The molecule has 1 saturated carbocycles. The molecular weight excluding hydrogens is 370 g/mol. The van der Waals surface area contributed by atoms with Gasteiger partial charge in [0.1, 0.15) is 5.75 Å². The SMILES string of the molecule is COc1ccc(-c2noc(CNc3cccc(OC4CCCC4)c3)n2)cc1OC. The number of methoxy groups -OCH3 is 2. The van der Waals surface area contributed by atoms with E-state index in [9.17, 15) is 0 Å². The normalized spacial score (nSPS) is 14.0. The minimum atomic E-state index is 0.338. The molecule has 1 aromatic heterocycles. The number of hydrogen-bond acceptors (Lipinski definition) is 7. The molecule has 1 fully saturated rings. The van der Waals surface area contributed by atoms with Crippen molar-refractivity contribution in [3.8, 4) is 28.6 Å². The van der Waals surface area contributed by atoms with Crippen LogP contribution in [0.5, 0.6) is 17.2 Å². The highest BCUT2D eigenvalue weighted by Gasteiger charge is 2.16. The molecule has 7 heteroatoms. The van der Waals surface area contributed by atoms with Crippen LogP contribution >= 0.6 is 0 Å². The van der Waals surface area contributed by atoms with Crippen molar-refractivity contribution in [3.63, 3.8) is 0 Å². The molecular formula is C22H25N3O4. The fraction of sp³-hybridized carbons (Fsp3) is 0.364. The lowest BCUT2D eigenvalue weighted by atomic mass is 10.2. The number of nitrogens with one attached hydrogen (secondary N) is 1. The summed E-state index contributed by atoms with van der Waals surface area (Å²) in [7, 11) is 3.20. The third kappa shape index (κ3) is 4.62. The van der Waals surface area contributed by atoms with Crippen molar-refractivity contribution in [2.45, 2.75) is 38.3 Å². The van der Waals surface area contributed by atoms with Crippen LogP contribution in [0.1, 0.15) is 31.6 Å². The second kappa shape index (κ2) is 8.86. The number of nitrogens with zero attached hydrogens (tertiary/aromatic N) is 2. The molecule has 29 heavy (non-hydrogen) atoms. The standard InChI is InChI=1S/C22H25N3O4/c1-26-19-11-10-15(12-20(19)27-2)22-24-21(29-25-22)14-23-16-6-5-9-18(13-16)28-17-7-3-4-8-17/h5-6,9-13,17,23H,3-4,7-8,14H2,1-2H3. The first-order valence-corrected chi connectivity index (χ1v) is 9.81. The first-order valence-electron chi connectivity index (χ1n) is 9.81. The van der Waals surface area contributed by atoms with Gasteiger partial charge in [0.25, 0.3) is 0 Å². The topological polar surface area (TPSA) is 78.6 Å². The van der Waals surface area contributed by atoms with Crippen molar-refractivity contribution in [2.24, 2.45) is 0 Å². The van der Waals surface area contributed by atoms with Crippen LogP contribution in [0.25, 0.3) is 11.4 Å². The average Bonchev–Trinajstić information content (AvgIpc) is 3.44. The van der Waals surface area contributed by atoms with E-state index in [1.807, 2.05) is 42.5 Å². The van der Waals surface area contributed by atoms with Crippen molar-refractivity contribution in [1.29, 1.82) is 0 Å². The fourth-order valence-electron chi connectivity index (χ4n) is 3.47. The Labute approximate surface area is 170 Å². The molecule has 0 atom stereocenters. The second-order valence-electron chi connectivity index (χ2n) is 6.99. The molecule has 0 radical (unpaired) electrons. The van der Waals surface area contributed by atoms with Crippen molar-refractivity contribution >= 4 is 5.69 Å². The van der Waals surface area contributed by atoms with Gasteiger partial charge in [-0.1, -0.05) is 11.2 Å². The van der Waals surface area contributed by atoms with E-state index in [0.717, 1.165) is 29.8 Å². The molecule has 1 aliphatic carbocycles. The summed E-state index contributed by atoms with van der Waals surface area (Å²) in [6.07, 6.45) is 5.12. The van der Waals surface area contributed by atoms with Gasteiger partial charge in [0, 0.05) is 17.3 Å². The lowest BCUT2D eigenvalue weighted by Crippen LogP contribution is -2.11. The smallest absolute Gasteiger partial charge is 0.246 e. The first kappa shape index (κ1) is 19.1. The maximum Gasteiger partial charge on any atom is 0.246 e. The molecule has 2 aromatic carbocycles. The Balaban J connectivity index is 1.39. The van der Waals surface area contributed by atoms with Crippen molar-refractivity contribution in [1.82, 2.24) is 10.1 Å². The molecule has 0 saturated heterocycles. The molecule has 1 N–H and O–H groups in total. The lowest BCUT2D eigenvalue weighted by Gasteiger charge is -2.14. The minimum Gasteiger partial charge on any atom is -0.493 e. The molecule has 7 nitrogen and oxygen atoms in total. The van der Waals surface area contributed by atoms with Crippen LogP contribution in [0.2, 0.25) is 0 Å². The van der Waals surface area contributed by atoms with E-state index in [4.69, 9.17) is 18.7 Å². The highest BCUT2D eigenvalue weighted by atomic mass is 16.5. The summed E-state index contributed by atoms with van der Waals surface area (Å²) in [5.41, 5.74) is 1.75. The molecule has 152 valence electrons. The van der Waals surface area contributed by atoms with E-state index in [-0.39, 0.29) is 0 Å². The second-order valence-corrected chi connectivity index (χ2v) is 6.99. The van der Waals surface area contributed by atoms with Gasteiger partial charge >= 0.3 is 0 Å². The molecule has 0 aliphatic heterocycles. The predicted octanol–water partition coefficient (Wildman–Crippen LogP) is 4.69. The maximum atomic E-state index is 6.06. The highest BCUT2D eigenvalue weighted by Crippen LogP contribution is 2.31. The predicted molar refractivity (Wildman–Crippen MR) is 109 cm³/mol. The molecule has 0 bridgehead atoms. The Morgan fingerprint density at radius 2 is 1.86 bits per heavy atom. The van der Waals surface area contributed by atoms with Crippen molar-refractivity contribution in [3.05, 3.63) is 48.4 Å². The van der Waals surface area contributed by atoms with E-state index in [2.05, 4.69) is 15.5 Å². The van der Waals surface area contributed by atoms with E-state index in [1.54, 1.807) is 14.2 Å². The van der Waals surface area contributed by atoms with Crippen LogP contribution < -0.4 is 19.5 Å². The van der Waals surface area contributed by atoms with Crippen molar-refractivity contribution in [2.75, 3.05) is 19.5 Å². The van der Waals surface area contributed by atoms with Crippen LogP contribution in [0.3, 0.4) is 0 Å². The minimum absolute atomic E-state index is 0.338. The Bertz CT molecular complexity index is 951. The van der Waals surface area contributed by atoms with Crippen molar-refractivity contribution < 1.29 is 18.7 Å². The first-order chi connectivity index (χ1) is 14.2. The zero-order chi connectivity index (χ0) is 20.1. The Morgan fingerprint density at radius 1 is 1.03 bits per heavy atom. The molecule has 3 aromatic rings.